The molecule has 1 aromatic heterocycles. The first kappa shape index (κ1) is 18.6. The molecule has 1 fully saturated rings. The van der Waals surface area contributed by atoms with Gasteiger partial charge in [-0.1, -0.05) is 12.1 Å². The van der Waals surface area contributed by atoms with Crippen LogP contribution < -0.4 is 0 Å². The van der Waals surface area contributed by atoms with Crippen molar-refractivity contribution in [3.05, 3.63) is 46.8 Å². The van der Waals surface area contributed by atoms with Crippen molar-refractivity contribution >= 4 is 39.0 Å². The summed E-state index contributed by atoms with van der Waals surface area (Å²) in [6.07, 6.45) is 1.40. The number of sulfonamides is 1. The summed E-state index contributed by atoms with van der Waals surface area (Å²) in [6.45, 7) is 1.24. The summed E-state index contributed by atoms with van der Waals surface area (Å²) in [5.74, 6) is -1.16. The monoisotopic (exact) mass is 395 g/mol. The standard InChI is InChI=1S/C17H17NO6S2/c19-13-3-1-2-12(10-13)11-14(17(20)21)15-4-5-16(25-15)26(22,23)18-6-8-24-9-7-18/h1-5,10-11,19H,6-9H2,(H,20,21)/b14-11-. The van der Waals surface area contributed by atoms with Gasteiger partial charge in [-0.2, -0.15) is 4.31 Å². The Morgan fingerprint density at radius 2 is 1.92 bits per heavy atom. The molecule has 9 heteroatoms. The van der Waals surface area contributed by atoms with Crippen LogP contribution >= 0.6 is 11.3 Å². The van der Waals surface area contributed by atoms with E-state index in [2.05, 4.69) is 0 Å². The summed E-state index contributed by atoms with van der Waals surface area (Å²) in [4.78, 5) is 12.0. The smallest absolute Gasteiger partial charge is 0.337 e. The minimum atomic E-state index is -3.67. The zero-order valence-corrected chi connectivity index (χ0v) is 15.3. The number of rotatable bonds is 5. The number of carboxylic acids is 1. The van der Waals surface area contributed by atoms with Crippen LogP contribution in [0, 0.1) is 0 Å². The number of carbonyl (C=O) groups is 1. The average molecular weight is 395 g/mol. The van der Waals surface area contributed by atoms with Crippen LogP contribution in [-0.4, -0.2) is 55.2 Å². The van der Waals surface area contributed by atoms with Gasteiger partial charge in [0.2, 0.25) is 0 Å². The summed E-state index contributed by atoms with van der Waals surface area (Å²) >= 11 is 0.911. The lowest BCUT2D eigenvalue weighted by molar-refractivity contribution is -0.130. The molecule has 1 aliphatic rings. The molecular formula is C17H17NO6S2. The van der Waals surface area contributed by atoms with Crippen LogP contribution in [0.3, 0.4) is 0 Å². The van der Waals surface area contributed by atoms with Gasteiger partial charge in [-0.15, -0.1) is 11.3 Å². The van der Waals surface area contributed by atoms with E-state index in [0.717, 1.165) is 11.3 Å². The van der Waals surface area contributed by atoms with Gasteiger partial charge < -0.3 is 14.9 Å². The van der Waals surface area contributed by atoms with Gasteiger partial charge in [-0.25, -0.2) is 13.2 Å². The number of nitrogens with zero attached hydrogens (tertiary/aromatic N) is 1. The molecule has 0 bridgehead atoms. The van der Waals surface area contributed by atoms with Gasteiger partial charge in [0.05, 0.1) is 18.8 Å². The Morgan fingerprint density at radius 1 is 1.19 bits per heavy atom. The largest absolute Gasteiger partial charge is 0.508 e. The zero-order valence-electron chi connectivity index (χ0n) is 13.7. The number of aromatic hydroxyl groups is 1. The molecule has 0 saturated carbocycles. The number of morpholine rings is 1. The van der Waals surface area contributed by atoms with Crippen LogP contribution in [0.25, 0.3) is 11.6 Å². The second-order valence-corrected chi connectivity index (χ2v) is 8.84. The molecule has 3 rings (SSSR count). The van der Waals surface area contributed by atoms with Crippen molar-refractivity contribution in [1.29, 1.82) is 0 Å². The van der Waals surface area contributed by atoms with Crippen LogP contribution in [0.2, 0.25) is 0 Å². The first-order valence-electron chi connectivity index (χ1n) is 7.80. The zero-order chi connectivity index (χ0) is 18.7. The second-order valence-electron chi connectivity index (χ2n) is 5.59. The van der Waals surface area contributed by atoms with E-state index in [9.17, 15) is 23.4 Å². The molecule has 0 radical (unpaired) electrons. The maximum Gasteiger partial charge on any atom is 0.337 e. The number of benzene rings is 1. The molecule has 2 N–H and O–H groups in total. The molecule has 0 unspecified atom stereocenters. The van der Waals surface area contributed by atoms with E-state index in [4.69, 9.17) is 4.74 Å². The van der Waals surface area contributed by atoms with E-state index in [-0.39, 0.29) is 28.6 Å². The highest BCUT2D eigenvalue weighted by molar-refractivity contribution is 7.91. The number of phenolic OH excluding ortho intramolecular Hbond substituents is 1. The molecule has 138 valence electrons. The van der Waals surface area contributed by atoms with Gasteiger partial charge in [-0.05, 0) is 35.9 Å². The van der Waals surface area contributed by atoms with Crippen molar-refractivity contribution in [3.8, 4) is 5.75 Å². The summed E-state index contributed by atoms with van der Waals surface area (Å²) in [6, 6.07) is 9.08. The molecule has 7 nitrogen and oxygen atoms in total. The van der Waals surface area contributed by atoms with Crippen molar-refractivity contribution in [3.63, 3.8) is 0 Å². The van der Waals surface area contributed by atoms with Crippen molar-refractivity contribution in [1.82, 2.24) is 4.31 Å². The van der Waals surface area contributed by atoms with Crippen molar-refractivity contribution < 1.29 is 28.2 Å². The molecule has 2 aromatic rings. The molecule has 1 aliphatic heterocycles. The Bertz CT molecular complexity index is 942. The molecule has 0 atom stereocenters. The van der Waals surface area contributed by atoms with Gasteiger partial charge in [0.15, 0.2) is 0 Å². The highest BCUT2D eigenvalue weighted by atomic mass is 32.2. The number of aliphatic carboxylic acids is 1. The Morgan fingerprint density at radius 3 is 2.58 bits per heavy atom. The maximum atomic E-state index is 12.7. The normalized spacial score (nSPS) is 16.5. The SMILES string of the molecule is O=C(O)/C(=C\c1cccc(O)c1)c1ccc(S(=O)(=O)N2CCOCC2)s1. The predicted molar refractivity (Wildman–Crippen MR) is 97.5 cm³/mol. The van der Waals surface area contributed by atoms with Crippen LogP contribution in [0.1, 0.15) is 10.4 Å². The number of ether oxygens (including phenoxy) is 1. The molecule has 0 spiro atoms. The fraction of sp³-hybridized carbons (Fsp3) is 0.235. The van der Waals surface area contributed by atoms with E-state index in [1.54, 1.807) is 12.1 Å². The van der Waals surface area contributed by atoms with Crippen molar-refractivity contribution in [2.75, 3.05) is 26.3 Å². The molecule has 2 heterocycles. The van der Waals surface area contributed by atoms with E-state index in [0.29, 0.717) is 23.7 Å². The van der Waals surface area contributed by atoms with E-state index in [1.165, 1.54) is 34.6 Å². The van der Waals surface area contributed by atoms with Crippen LogP contribution in [0.5, 0.6) is 5.75 Å². The van der Waals surface area contributed by atoms with Crippen molar-refractivity contribution in [2.24, 2.45) is 0 Å². The molecule has 26 heavy (non-hydrogen) atoms. The first-order chi connectivity index (χ1) is 12.4. The summed E-state index contributed by atoms with van der Waals surface area (Å²) in [5, 5.41) is 19.0. The molecule has 1 aromatic carbocycles. The topological polar surface area (TPSA) is 104 Å². The number of thiophene rings is 1. The van der Waals surface area contributed by atoms with Gasteiger partial charge in [0, 0.05) is 18.0 Å². The van der Waals surface area contributed by atoms with Crippen molar-refractivity contribution in [2.45, 2.75) is 4.21 Å². The van der Waals surface area contributed by atoms with Gasteiger partial charge in [-0.3, -0.25) is 0 Å². The van der Waals surface area contributed by atoms with E-state index < -0.39 is 16.0 Å². The predicted octanol–water partition coefficient (Wildman–Crippen LogP) is 2.10. The first-order valence-corrected chi connectivity index (χ1v) is 10.1. The third-order valence-corrected chi connectivity index (χ3v) is 7.31. The van der Waals surface area contributed by atoms with Gasteiger partial charge >= 0.3 is 5.97 Å². The quantitative estimate of drug-likeness (QED) is 0.752. The molecule has 0 amide bonds. The van der Waals surface area contributed by atoms with E-state index in [1.807, 2.05) is 0 Å². The van der Waals surface area contributed by atoms with Crippen LogP contribution in [-0.2, 0) is 19.6 Å². The van der Waals surface area contributed by atoms with Crippen LogP contribution in [0.4, 0.5) is 0 Å². The fourth-order valence-electron chi connectivity index (χ4n) is 2.54. The maximum absolute atomic E-state index is 12.7. The molecular weight excluding hydrogens is 378 g/mol. The Balaban J connectivity index is 1.94. The van der Waals surface area contributed by atoms with Gasteiger partial charge in [0.1, 0.15) is 9.96 Å². The minimum Gasteiger partial charge on any atom is -0.508 e. The number of carboxylic acid groups (broad SMARTS) is 1. The average Bonchev–Trinajstić information content (AvgIpc) is 3.11. The number of phenols is 1. The number of hydrogen-bond donors (Lipinski definition) is 2. The molecule has 0 aliphatic carbocycles. The summed E-state index contributed by atoms with van der Waals surface area (Å²) in [5.41, 5.74) is 0.470. The Kier molecular flexibility index (Phi) is 5.42. The lowest BCUT2D eigenvalue weighted by Gasteiger charge is -2.25. The fourth-order valence-corrected chi connectivity index (χ4v) is 5.41. The third-order valence-electron chi connectivity index (χ3n) is 3.82. The Hall–Kier alpha value is -2.20. The Labute approximate surface area is 154 Å². The lowest BCUT2D eigenvalue weighted by Crippen LogP contribution is -2.40. The van der Waals surface area contributed by atoms with Gasteiger partial charge in [0.25, 0.3) is 10.0 Å². The third kappa shape index (κ3) is 3.96. The minimum absolute atomic E-state index is 0.0188. The highest BCUT2D eigenvalue weighted by Gasteiger charge is 2.28. The summed E-state index contributed by atoms with van der Waals surface area (Å²) in [7, 11) is -3.67. The lowest BCUT2D eigenvalue weighted by atomic mass is 10.1. The second kappa shape index (κ2) is 7.58. The number of hydrogen-bond acceptors (Lipinski definition) is 6. The highest BCUT2D eigenvalue weighted by Crippen LogP contribution is 2.31. The molecule has 1 saturated heterocycles. The van der Waals surface area contributed by atoms with E-state index >= 15 is 0 Å². The van der Waals surface area contributed by atoms with Crippen LogP contribution in [0.15, 0.2) is 40.6 Å². The summed E-state index contributed by atoms with van der Waals surface area (Å²) < 4.78 is 32.0.